The zero-order chi connectivity index (χ0) is 31.0. The van der Waals surface area contributed by atoms with Crippen molar-refractivity contribution in [1.29, 1.82) is 0 Å². The van der Waals surface area contributed by atoms with Gasteiger partial charge in [-0.2, -0.15) is 13.2 Å². The lowest BCUT2D eigenvalue weighted by Crippen LogP contribution is -2.60. The van der Waals surface area contributed by atoms with Crippen LogP contribution in [0.5, 0.6) is 0 Å². The van der Waals surface area contributed by atoms with Crippen molar-refractivity contribution in [1.82, 2.24) is 14.9 Å². The highest BCUT2D eigenvalue weighted by Gasteiger charge is 2.50. The van der Waals surface area contributed by atoms with Gasteiger partial charge in [0.2, 0.25) is 0 Å². The van der Waals surface area contributed by atoms with E-state index in [2.05, 4.69) is 22.2 Å². The maximum Gasteiger partial charge on any atom is 0.433 e. The zero-order valence-electron chi connectivity index (χ0n) is 24.8. The van der Waals surface area contributed by atoms with Gasteiger partial charge in [0, 0.05) is 36.7 Å². The van der Waals surface area contributed by atoms with Gasteiger partial charge in [0.15, 0.2) is 0 Å². The summed E-state index contributed by atoms with van der Waals surface area (Å²) < 4.78 is 39.8. The Morgan fingerprint density at radius 3 is 2.44 bits per heavy atom. The number of aldehydes is 1. The number of aliphatic hydroxyl groups is 1. The van der Waals surface area contributed by atoms with Crippen molar-refractivity contribution >= 4 is 39.4 Å². The first-order valence-corrected chi connectivity index (χ1v) is 15.7. The molecule has 7 nitrogen and oxygen atoms in total. The maximum atomic E-state index is 13.0. The summed E-state index contributed by atoms with van der Waals surface area (Å²) in [4.78, 5) is 33.5. The molecule has 1 aliphatic heterocycles. The van der Waals surface area contributed by atoms with Crippen LogP contribution < -0.4 is 5.32 Å². The number of fused-ring (bicyclic) bond motifs is 1. The van der Waals surface area contributed by atoms with Crippen LogP contribution >= 0.6 is 11.3 Å². The van der Waals surface area contributed by atoms with Gasteiger partial charge in [-0.05, 0) is 82.2 Å². The molecule has 2 saturated carbocycles. The minimum Gasteiger partial charge on any atom is -0.386 e. The van der Waals surface area contributed by atoms with E-state index in [9.17, 15) is 27.9 Å². The van der Waals surface area contributed by atoms with Crippen LogP contribution in [0.15, 0.2) is 30.3 Å². The molecule has 1 saturated heterocycles. The van der Waals surface area contributed by atoms with E-state index in [0.717, 1.165) is 58.8 Å². The molecular formula is C32H39F3N4O3S. The van der Waals surface area contributed by atoms with Crippen LogP contribution in [-0.4, -0.2) is 52.3 Å². The molecular weight excluding hydrogens is 577 g/mol. The number of benzene rings is 1. The summed E-state index contributed by atoms with van der Waals surface area (Å²) >= 11 is 1.56. The molecule has 3 heterocycles. The Balaban J connectivity index is 0.000000279. The van der Waals surface area contributed by atoms with E-state index in [1.165, 1.54) is 51.3 Å². The maximum absolute atomic E-state index is 13.0. The van der Waals surface area contributed by atoms with Crippen LogP contribution in [0.1, 0.15) is 97.9 Å². The van der Waals surface area contributed by atoms with Crippen LogP contribution in [0.3, 0.4) is 0 Å². The zero-order valence-corrected chi connectivity index (χ0v) is 25.7. The average molecular weight is 617 g/mol. The second kappa shape index (κ2) is 12.2. The summed E-state index contributed by atoms with van der Waals surface area (Å²) in [7, 11) is 2.16. The summed E-state index contributed by atoms with van der Waals surface area (Å²) in [5, 5.41) is 14.4. The Hall–Kier alpha value is -2.89. The minimum absolute atomic E-state index is 0.327. The van der Waals surface area contributed by atoms with Crippen molar-refractivity contribution < 1.29 is 27.9 Å². The molecule has 0 bridgehead atoms. The van der Waals surface area contributed by atoms with Gasteiger partial charge in [-0.15, -0.1) is 11.3 Å². The quantitative estimate of drug-likeness (QED) is 0.286. The summed E-state index contributed by atoms with van der Waals surface area (Å²) in [6, 6.07) is 6.66. The standard InChI is InChI=1S/C23H24F3N3O2S.C9H15NO/c1-22(2,31)14-11-17-18(32-21(29-17)13-7-4-3-5-8-13)12-16(14)28-20(30)15-9-6-10-19(27-15)23(24,25)26;1-10-6-9(7-10)4-8(5-9)2-3-11/h6,9-13,31H,3-5,7-8H2,1-2H3,(H,28,30);3,8H,2,4-7H2,1H3. The number of pyridine rings is 1. The molecule has 11 heteroatoms. The van der Waals surface area contributed by atoms with Gasteiger partial charge in [-0.1, -0.05) is 25.3 Å². The summed E-state index contributed by atoms with van der Waals surface area (Å²) in [6.07, 6.45) is 5.63. The first kappa shape index (κ1) is 31.5. The largest absolute Gasteiger partial charge is 0.433 e. The predicted molar refractivity (Wildman–Crippen MR) is 161 cm³/mol. The molecule has 43 heavy (non-hydrogen) atoms. The number of aromatic nitrogens is 2. The van der Waals surface area contributed by atoms with Gasteiger partial charge in [0.25, 0.3) is 5.91 Å². The Bertz CT molecular complexity index is 1460. The Morgan fingerprint density at radius 2 is 1.84 bits per heavy atom. The third-order valence-electron chi connectivity index (χ3n) is 8.76. The van der Waals surface area contributed by atoms with Crippen molar-refractivity contribution in [3.05, 3.63) is 52.3 Å². The van der Waals surface area contributed by atoms with Gasteiger partial charge < -0.3 is 20.1 Å². The Kier molecular flexibility index (Phi) is 8.98. The monoisotopic (exact) mass is 616 g/mol. The number of hydrogen-bond acceptors (Lipinski definition) is 7. The van der Waals surface area contributed by atoms with Crippen molar-refractivity contribution in [2.24, 2.45) is 11.3 Å². The number of thiazole rings is 1. The van der Waals surface area contributed by atoms with Crippen molar-refractivity contribution in [3.8, 4) is 0 Å². The number of amides is 1. The van der Waals surface area contributed by atoms with Crippen LogP contribution in [0, 0.1) is 11.3 Å². The summed E-state index contributed by atoms with van der Waals surface area (Å²) in [6.45, 7) is 5.70. The lowest BCUT2D eigenvalue weighted by Gasteiger charge is -2.58. The fraction of sp³-hybridized carbons (Fsp3) is 0.562. The van der Waals surface area contributed by atoms with Crippen LogP contribution in [-0.2, 0) is 16.6 Å². The highest BCUT2D eigenvalue weighted by molar-refractivity contribution is 7.18. The number of carbonyl (C=O) groups excluding carboxylic acids is 2. The summed E-state index contributed by atoms with van der Waals surface area (Å²) in [5.41, 5.74) is -0.631. The van der Waals surface area contributed by atoms with Crippen molar-refractivity contribution in [2.75, 3.05) is 25.5 Å². The molecule has 3 aliphatic rings. The lowest BCUT2D eigenvalue weighted by atomic mass is 9.57. The smallest absolute Gasteiger partial charge is 0.386 e. The highest BCUT2D eigenvalue weighted by Crippen LogP contribution is 2.52. The van der Waals surface area contributed by atoms with E-state index < -0.39 is 23.4 Å². The molecule has 2 aliphatic carbocycles. The molecule has 0 radical (unpaired) electrons. The van der Waals surface area contributed by atoms with E-state index >= 15 is 0 Å². The first-order chi connectivity index (χ1) is 20.3. The first-order valence-electron chi connectivity index (χ1n) is 14.9. The van der Waals surface area contributed by atoms with Gasteiger partial charge in [0.1, 0.15) is 17.7 Å². The van der Waals surface area contributed by atoms with Gasteiger partial charge in [-0.25, -0.2) is 9.97 Å². The predicted octanol–water partition coefficient (Wildman–Crippen LogP) is 7.15. The lowest BCUT2D eigenvalue weighted by molar-refractivity contribution is -0.141. The van der Waals surface area contributed by atoms with Crippen molar-refractivity contribution in [3.63, 3.8) is 0 Å². The van der Waals surface area contributed by atoms with E-state index in [1.54, 1.807) is 37.3 Å². The SMILES string of the molecule is CC(C)(O)c1cc2nc(C3CCCCC3)sc2cc1NC(=O)c1cccc(C(F)(F)F)n1.CN1CC2(CC(CC=O)C2)C1. The number of alkyl halides is 3. The number of halogens is 3. The number of nitrogens with one attached hydrogen (secondary N) is 1. The number of carbonyl (C=O) groups is 2. The highest BCUT2D eigenvalue weighted by atomic mass is 32.1. The van der Waals surface area contributed by atoms with Crippen LogP contribution in [0.2, 0.25) is 0 Å². The second-order valence-electron chi connectivity index (χ2n) is 13.0. The molecule has 0 unspecified atom stereocenters. The third-order valence-corrected chi connectivity index (χ3v) is 9.94. The van der Waals surface area contributed by atoms with E-state index in [1.807, 2.05) is 0 Å². The number of rotatable bonds is 6. The molecule has 1 aromatic carbocycles. The van der Waals surface area contributed by atoms with Crippen LogP contribution in [0.25, 0.3) is 10.2 Å². The number of hydrogen-bond donors (Lipinski definition) is 2. The van der Waals surface area contributed by atoms with Crippen molar-refractivity contribution in [2.45, 2.75) is 82.9 Å². The fourth-order valence-corrected chi connectivity index (χ4v) is 8.01. The molecule has 3 aromatic rings. The normalized spacial score (nSPS) is 19.3. The molecule has 232 valence electrons. The molecule has 1 spiro atoms. The second-order valence-corrected chi connectivity index (χ2v) is 14.1. The summed E-state index contributed by atoms with van der Waals surface area (Å²) in [5.74, 6) is 0.359. The Labute approximate surface area is 253 Å². The molecule has 3 fully saturated rings. The molecule has 1 amide bonds. The number of likely N-dealkylation sites (tertiary alicyclic amines) is 1. The van der Waals surface area contributed by atoms with E-state index in [4.69, 9.17) is 4.98 Å². The topological polar surface area (TPSA) is 95.4 Å². The molecule has 6 rings (SSSR count). The van der Waals surface area contributed by atoms with Gasteiger partial charge in [-0.3, -0.25) is 4.79 Å². The molecule has 0 atom stereocenters. The Morgan fingerprint density at radius 1 is 1.14 bits per heavy atom. The number of nitrogens with zero attached hydrogens (tertiary/aromatic N) is 3. The third kappa shape index (κ3) is 7.26. The average Bonchev–Trinajstić information content (AvgIpc) is 3.34. The fourth-order valence-electron chi connectivity index (χ4n) is 6.86. The minimum atomic E-state index is -4.65. The molecule has 2 aromatic heterocycles. The van der Waals surface area contributed by atoms with E-state index in [-0.39, 0.29) is 5.69 Å². The van der Waals surface area contributed by atoms with Gasteiger partial charge >= 0.3 is 6.18 Å². The number of anilines is 1. The van der Waals surface area contributed by atoms with Crippen LogP contribution in [0.4, 0.5) is 18.9 Å². The van der Waals surface area contributed by atoms with E-state index in [0.29, 0.717) is 22.6 Å². The van der Waals surface area contributed by atoms with Gasteiger partial charge in [0.05, 0.1) is 20.8 Å². The molecule has 2 N–H and O–H groups in total.